The topological polar surface area (TPSA) is 69.7 Å². The van der Waals surface area contributed by atoms with Crippen molar-refractivity contribution in [3.63, 3.8) is 0 Å². The van der Waals surface area contributed by atoms with Crippen molar-refractivity contribution in [2.24, 2.45) is 5.41 Å². The highest BCUT2D eigenvalue weighted by atomic mass is 35.5. The molecule has 0 saturated heterocycles. The van der Waals surface area contributed by atoms with Gasteiger partial charge in [0.2, 0.25) is 0 Å². The molecule has 0 aromatic heterocycles. The maximum Gasteiger partial charge on any atom is 0.334 e. The van der Waals surface area contributed by atoms with Gasteiger partial charge in [0.15, 0.2) is 5.78 Å². The van der Waals surface area contributed by atoms with Gasteiger partial charge in [0.25, 0.3) is 0 Å². The second-order valence-electron chi connectivity index (χ2n) is 6.75. The van der Waals surface area contributed by atoms with Gasteiger partial charge in [0.05, 0.1) is 6.61 Å². The first-order valence-electron chi connectivity index (χ1n) is 8.97. The zero-order valence-electron chi connectivity index (χ0n) is 15.1. The third-order valence-electron chi connectivity index (χ3n) is 5.27. The van der Waals surface area contributed by atoms with Crippen molar-refractivity contribution in [2.75, 3.05) is 6.61 Å². The smallest absolute Gasteiger partial charge is 0.334 e. The Morgan fingerprint density at radius 2 is 1.89 bits per heavy atom. The SMILES string of the molecule is CCOC(=O)C1=CCC2(C(=O)c3ccc(Cl)cc3)C(=O)Oc3ccccc3C12. The summed E-state index contributed by atoms with van der Waals surface area (Å²) < 4.78 is 10.7. The molecule has 6 heteroatoms. The molecule has 142 valence electrons. The summed E-state index contributed by atoms with van der Waals surface area (Å²) >= 11 is 5.93. The number of allylic oxidation sites excluding steroid dienone is 1. The Balaban J connectivity index is 1.87. The van der Waals surface area contributed by atoms with Crippen molar-refractivity contribution in [1.29, 1.82) is 0 Å². The summed E-state index contributed by atoms with van der Waals surface area (Å²) in [5.41, 5.74) is -0.261. The van der Waals surface area contributed by atoms with Gasteiger partial charge in [0.1, 0.15) is 11.2 Å². The van der Waals surface area contributed by atoms with E-state index in [1.807, 2.05) is 0 Å². The number of hydrogen-bond donors (Lipinski definition) is 0. The van der Waals surface area contributed by atoms with Gasteiger partial charge in [0, 0.05) is 27.6 Å². The number of benzene rings is 2. The van der Waals surface area contributed by atoms with Crippen LogP contribution >= 0.6 is 11.6 Å². The van der Waals surface area contributed by atoms with E-state index in [0.717, 1.165) is 0 Å². The molecule has 0 saturated carbocycles. The van der Waals surface area contributed by atoms with Crippen LogP contribution in [0, 0.1) is 5.41 Å². The van der Waals surface area contributed by atoms with Crippen LogP contribution in [-0.2, 0) is 14.3 Å². The number of Topliss-reactive ketones (excluding diaryl/α,β-unsaturated/α-hetero) is 1. The van der Waals surface area contributed by atoms with E-state index in [4.69, 9.17) is 21.1 Å². The standard InChI is InChI=1S/C22H17ClO5/c1-2-27-20(25)16-11-12-22(19(24)13-7-9-14(23)10-8-13)18(16)15-5-3-4-6-17(15)28-21(22)26/h3-11,18H,2,12H2,1H3. The molecule has 2 aromatic carbocycles. The minimum Gasteiger partial charge on any atom is -0.463 e. The summed E-state index contributed by atoms with van der Waals surface area (Å²) in [7, 11) is 0. The van der Waals surface area contributed by atoms with Crippen molar-refractivity contribution in [3.05, 3.63) is 76.3 Å². The molecule has 1 aliphatic carbocycles. The molecule has 28 heavy (non-hydrogen) atoms. The molecule has 0 N–H and O–H groups in total. The number of para-hydroxylation sites is 1. The zero-order chi connectivity index (χ0) is 19.9. The molecule has 0 amide bonds. The Kier molecular flexibility index (Phi) is 4.55. The molecule has 0 fully saturated rings. The van der Waals surface area contributed by atoms with Crippen LogP contribution in [0.3, 0.4) is 0 Å². The highest BCUT2D eigenvalue weighted by molar-refractivity contribution is 6.30. The molecule has 4 rings (SSSR count). The average Bonchev–Trinajstić information content (AvgIpc) is 3.11. The molecule has 0 spiro atoms. The number of ether oxygens (including phenoxy) is 2. The molecule has 1 aliphatic heterocycles. The molecule has 1 heterocycles. The first-order chi connectivity index (χ1) is 13.5. The zero-order valence-corrected chi connectivity index (χ0v) is 15.9. The lowest BCUT2D eigenvalue weighted by atomic mass is 9.66. The van der Waals surface area contributed by atoms with Crippen molar-refractivity contribution in [3.8, 4) is 5.75 Å². The van der Waals surface area contributed by atoms with Crippen molar-refractivity contribution < 1.29 is 23.9 Å². The van der Waals surface area contributed by atoms with E-state index in [0.29, 0.717) is 27.5 Å². The van der Waals surface area contributed by atoms with Crippen molar-refractivity contribution in [2.45, 2.75) is 19.3 Å². The summed E-state index contributed by atoms with van der Waals surface area (Å²) in [4.78, 5) is 39.2. The molecule has 0 bridgehead atoms. The van der Waals surface area contributed by atoms with Crippen LogP contribution in [0.2, 0.25) is 5.02 Å². The van der Waals surface area contributed by atoms with Gasteiger partial charge in [-0.15, -0.1) is 0 Å². The fraction of sp³-hybridized carbons (Fsp3) is 0.227. The van der Waals surface area contributed by atoms with Crippen LogP contribution in [0.15, 0.2) is 60.2 Å². The molecular weight excluding hydrogens is 380 g/mol. The van der Waals surface area contributed by atoms with Gasteiger partial charge >= 0.3 is 11.9 Å². The monoisotopic (exact) mass is 396 g/mol. The third kappa shape index (κ3) is 2.66. The van der Waals surface area contributed by atoms with Gasteiger partial charge in [-0.25, -0.2) is 4.79 Å². The minimum atomic E-state index is -1.54. The number of carbonyl (C=O) groups is 3. The van der Waals surface area contributed by atoms with Crippen molar-refractivity contribution >= 4 is 29.3 Å². The molecule has 0 radical (unpaired) electrons. The molecule has 2 aromatic rings. The van der Waals surface area contributed by atoms with Crippen LogP contribution in [0.4, 0.5) is 0 Å². The number of esters is 2. The summed E-state index contributed by atoms with van der Waals surface area (Å²) in [6.07, 6.45) is 1.69. The summed E-state index contributed by atoms with van der Waals surface area (Å²) in [6, 6.07) is 13.3. The average molecular weight is 397 g/mol. The lowest BCUT2D eigenvalue weighted by Gasteiger charge is -2.38. The Bertz CT molecular complexity index is 1010. The van der Waals surface area contributed by atoms with E-state index in [1.165, 1.54) is 0 Å². The molecule has 2 aliphatic rings. The first-order valence-corrected chi connectivity index (χ1v) is 9.35. The van der Waals surface area contributed by atoms with Crippen molar-refractivity contribution in [1.82, 2.24) is 0 Å². The van der Waals surface area contributed by atoms with E-state index in [1.54, 1.807) is 61.5 Å². The Morgan fingerprint density at radius 3 is 2.61 bits per heavy atom. The number of hydrogen-bond acceptors (Lipinski definition) is 5. The minimum absolute atomic E-state index is 0.0699. The quantitative estimate of drug-likeness (QED) is 0.337. The third-order valence-corrected chi connectivity index (χ3v) is 5.52. The molecular formula is C22H17ClO5. The normalized spacial score (nSPS) is 22.6. The Hall–Kier alpha value is -2.92. The predicted molar refractivity (Wildman–Crippen MR) is 102 cm³/mol. The van der Waals surface area contributed by atoms with Crippen LogP contribution in [0.1, 0.15) is 35.2 Å². The van der Waals surface area contributed by atoms with E-state index in [9.17, 15) is 14.4 Å². The van der Waals surface area contributed by atoms with Crippen LogP contribution < -0.4 is 4.74 Å². The summed E-state index contributed by atoms with van der Waals surface area (Å²) in [5, 5.41) is 0.485. The molecule has 2 unspecified atom stereocenters. The number of carbonyl (C=O) groups excluding carboxylic acids is 3. The van der Waals surface area contributed by atoms with Gasteiger partial charge in [-0.3, -0.25) is 9.59 Å². The van der Waals surface area contributed by atoms with Gasteiger partial charge in [-0.05, 0) is 43.7 Å². The number of ketones is 1. The maximum absolute atomic E-state index is 13.5. The van der Waals surface area contributed by atoms with Crippen LogP contribution in [0.25, 0.3) is 0 Å². The Labute approximate surface area is 166 Å². The van der Waals surface area contributed by atoms with E-state index >= 15 is 0 Å². The second kappa shape index (κ2) is 6.91. The lowest BCUT2D eigenvalue weighted by molar-refractivity contribution is -0.145. The molecule has 5 nitrogen and oxygen atoms in total. The van der Waals surface area contributed by atoms with Gasteiger partial charge < -0.3 is 9.47 Å². The highest BCUT2D eigenvalue weighted by Gasteiger charge is 2.61. The fourth-order valence-electron chi connectivity index (χ4n) is 4.00. The first kappa shape index (κ1) is 18.4. The number of rotatable bonds is 4. The van der Waals surface area contributed by atoms with Gasteiger partial charge in [-0.2, -0.15) is 0 Å². The van der Waals surface area contributed by atoms with E-state index < -0.39 is 29.1 Å². The van der Waals surface area contributed by atoms with Crippen LogP contribution in [-0.4, -0.2) is 24.3 Å². The second-order valence-corrected chi connectivity index (χ2v) is 7.19. The van der Waals surface area contributed by atoms with Gasteiger partial charge in [-0.1, -0.05) is 35.9 Å². The highest BCUT2D eigenvalue weighted by Crippen LogP contribution is 2.56. The molecule has 2 atom stereocenters. The van der Waals surface area contributed by atoms with E-state index in [-0.39, 0.29) is 13.0 Å². The maximum atomic E-state index is 13.5. The number of halogens is 1. The lowest BCUT2D eigenvalue weighted by Crippen LogP contribution is -2.48. The Morgan fingerprint density at radius 1 is 1.18 bits per heavy atom. The number of fused-ring (bicyclic) bond motifs is 3. The summed E-state index contributed by atoms with van der Waals surface area (Å²) in [6.45, 7) is 1.91. The largest absolute Gasteiger partial charge is 0.463 e. The van der Waals surface area contributed by atoms with E-state index in [2.05, 4.69) is 0 Å². The predicted octanol–water partition coefficient (Wildman–Crippen LogP) is 4.11. The summed E-state index contributed by atoms with van der Waals surface area (Å²) in [5.74, 6) is -1.99. The fourth-order valence-corrected chi connectivity index (χ4v) is 4.13. The van der Waals surface area contributed by atoms with Crippen LogP contribution in [0.5, 0.6) is 5.75 Å².